The van der Waals surface area contributed by atoms with Crippen LogP contribution in [-0.4, -0.2) is 39.2 Å². The normalized spacial score (nSPS) is 19.4. The molecule has 146 valence electrons. The Morgan fingerprint density at radius 1 is 1.07 bits per heavy atom. The number of nitrogens with one attached hydrogen (secondary N) is 1. The molecule has 0 atom stereocenters. The molecule has 3 aromatic rings. The van der Waals surface area contributed by atoms with Gasteiger partial charge < -0.3 is 14.8 Å². The number of hydrogen-bond donors (Lipinski definition) is 1. The summed E-state index contributed by atoms with van der Waals surface area (Å²) in [5, 5.41) is 4.61. The zero-order chi connectivity index (χ0) is 19.5. The number of halogens is 2. The average Bonchev–Trinajstić information content (AvgIpc) is 2.70. The van der Waals surface area contributed by atoms with Crippen LogP contribution < -0.4 is 14.8 Å². The number of nitrogens with zero attached hydrogens (tertiary/aromatic N) is 4. The van der Waals surface area contributed by atoms with Crippen LogP contribution in [-0.2, 0) is 0 Å². The molecular weight excluding hydrogens is 446 g/mol. The number of aromatic nitrogens is 4. The summed E-state index contributed by atoms with van der Waals surface area (Å²) in [5.41, 5.74) is 0.769. The van der Waals surface area contributed by atoms with Crippen LogP contribution in [0.1, 0.15) is 25.7 Å². The third kappa shape index (κ3) is 4.44. The van der Waals surface area contributed by atoms with E-state index in [0.717, 1.165) is 41.1 Å². The van der Waals surface area contributed by atoms with Crippen LogP contribution in [0.15, 0.2) is 35.2 Å². The van der Waals surface area contributed by atoms with Crippen molar-refractivity contribution < 1.29 is 9.47 Å². The van der Waals surface area contributed by atoms with Gasteiger partial charge in [0.15, 0.2) is 5.75 Å². The molecule has 1 N–H and O–H groups in total. The van der Waals surface area contributed by atoms with Gasteiger partial charge in [-0.25, -0.2) is 15.0 Å². The van der Waals surface area contributed by atoms with Crippen LogP contribution in [0.25, 0.3) is 10.9 Å². The van der Waals surface area contributed by atoms with Crippen molar-refractivity contribution in [2.24, 2.45) is 0 Å². The van der Waals surface area contributed by atoms with Gasteiger partial charge in [0.2, 0.25) is 11.8 Å². The third-order valence-electron chi connectivity index (χ3n) is 4.73. The number of methoxy groups -OCH3 is 1. The second-order valence-electron chi connectivity index (χ2n) is 6.65. The maximum atomic E-state index is 6.20. The maximum Gasteiger partial charge on any atom is 0.224 e. The molecule has 0 amide bonds. The molecule has 9 heteroatoms. The molecule has 1 fully saturated rings. The lowest BCUT2D eigenvalue weighted by Crippen LogP contribution is -2.32. The first kappa shape index (κ1) is 19.1. The number of hydrogen-bond acceptors (Lipinski definition) is 7. The lowest BCUT2D eigenvalue weighted by atomic mass is 9.93. The van der Waals surface area contributed by atoms with Crippen LogP contribution in [0.4, 0.5) is 5.95 Å². The molecule has 0 radical (unpaired) electrons. The van der Waals surface area contributed by atoms with Gasteiger partial charge in [0.25, 0.3) is 0 Å². The zero-order valence-corrected chi connectivity index (χ0v) is 17.6. The Morgan fingerprint density at radius 2 is 1.82 bits per heavy atom. The first-order valence-corrected chi connectivity index (χ1v) is 10.2. The molecule has 28 heavy (non-hydrogen) atoms. The summed E-state index contributed by atoms with van der Waals surface area (Å²) in [6, 6.07) is 4.01. The Balaban J connectivity index is 1.39. The lowest BCUT2D eigenvalue weighted by molar-refractivity contribution is 0.146. The quantitative estimate of drug-likeness (QED) is 0.550. The first-order chi connectivity index (χ1) is 13.6. The number of fused-ring (bicyclic) bond motifs is 1. The van der Waals surface area contributed by atoms with E-state index in [4.69, 9.17) is 21.1 Å². The highest BCUT2D eigenvalue weighted by Gasteiger charge is 2.24. The summed E-state index contributed by atoms with van der Waals surface area (Å²) in [5.74, 6) is 1.79. The van der Waals surface area contributed by atoms with E-state index in [1.54, 1.807) is 31.8 Å². The van der Waals surface area contributed by atoms with Crippen molar-refractivity contribution in [3.05, 3.63) is 40.3 Å². The molecule has 1 aliphatic rings. The standard InChI is InChI=1S/C19H19BrClN5O2/c1-27-14-9-23-19(24-10-14)25-12-2-4-13(5-3-12)28-18-15-6-11(20)8-22-16(15)7-17(21)26-18/h6-10,12-13H,2-5H2,1H3,(H,23,24,25). The molecule has 0 spiro atoms. The van der Waals surface area contributed by atoms with Crippen molar-refractivity contribution >= 4 is 44.4 Å². The largest absolute Gasteiger partial charge is 0.494 e. The van der Waals surface area contributed by atoms with Gasteiger partial charge >= 0.3 is 0 Å². The molecule has 0 aliphatic heterocycles. The molecule has 0 saturated heterocycles. The number of pyridine rings is 2. The van der Waals surface area contributed by atoms with Gasteiger partial charge in [-0.3, -0.25) is 4.98 Å². The Kier molecular flexibility index (Phi) is 5.77. The molecule has 3 aromatic heterocycles. The molecule has 0 bridgehead atoms. The van der Waals surface area contributed by atoms with E-state index < -0.39 is 0 Å². The minimum Gasteiger partial charge on any atom is -0.494 e. The number of anilines is 1. The van der Waals surface area contributed by atoms with E-state index in [1.807, 2.05) is 6.07 Å². The van der Waals surface area contributed by atoms with E-state index in [9.17, 15) is 0 Å². The van der Waals surface area contributed by atoms with Gasteiger partial charge in [0.05, 0.1) is 30.4 Å². The predicted molar refractivity (Wildman–Crippen MR) is 111 cm³/mol. The topological polar surface area (TPSA) is 82.0 Å². The smallest absolute Gasteiger partial charge is 0.224 e. The summed E-state index contributed by atoms with van der Waals surface area (Å²) in [7, 11) is 1.60. The van der Waals surface area contributed by atoms with Crippen LogP contribution in [0.3, 0.4) is 0 Å². The van der Waals surface area contributed by atoms with Crippen LogP contribution >= 0.6 is 27.5 Å². The highest BCUT2D eigenvalue weighted by molar-refractivity contribution is 9.10. The molecule has 0 unspecified atom stereocenters. The summed E-state index contributed by atoms with van der Waals surface area (Å²) < 4.78 is 12.2. The summed E-state index contributed by atoms with van der Waals surface area (Å²) in [6.45, 7) is 0. The summed E-state index contributed by atoms with van der Waals surface area (Å²) >= 11 is 9.59. The Labute approximate surface area is 176 Å². The van der Waals surface area contributed by atoms with Gasteiger partial charge in [-0.1, -0.05) is 11.6 Å². The molecule has 1 saturated carbocycles. The Bertz CT molecular complexity index is 964. The third-order valence-corrected chi connectivity index (χ3v) is 5.36. The zero-order valence-electron chi connectivity index (χ0n) is 15.2. The SMILES string of the molecule is COc1cnc(NC2CCC(Oc3nc(Cl)cc4ncc(Br)cc34)CC2)nc1. The second kappa shape index (κ2) is 8.45. The van der Waals surface area contributed by atoms with Crippen LogP contribution in [0.2, 0.25) is 5.15 Å². The van der Waals surface area contributed by atoms with Crippen LogP contribution in [0, 0.1) is 0 Å². The molecule has 7 nitrogen and oxygen atoms in total. The summed E-state index contributed by atoms with van der Waals surface area (Å²) in [6.07, 6.45) is 8.87. The number of ether oxygens (including phenoxy) is 2. The molecule has 3 heterocycles. The van der Waals surface area contributed by atoms with Crippen LogP contribution in [0.5, 0.6) is 11.6 Å². The van der Waals surface area contributed by atoms with Crippen molar-refractivity contribution in [3.63, 3.8) is 0 Å². The molecule has 4 rings (SSSR count). The minimum atomic E-state index is 0.0861. The lowest BCUT2D eigenvalue weighted by Gasteiger charge is -2.29. The first-order valence-electron chi connectivity index (χ1n) is 9.02. The summed E-state index contributed by atoms with van der Waals surface area (Å²) in [4.78, 5) is 17.3. The van der Waals surface area contributed by atoms with Gasteiger partial charge in [-0.2, -0.15) is 0 Å². The monoisotopic (exact) mass is 463 g/mol. The van der Waals surface area contributed by atoms with Crippen molar-refractivity contribution in [1.29, 1.82) is 0 Å². The predicted octanol–water partition coefficient (Wildman–Crippen LogP) is 4.65. The average molecular weight is 465 g/mol. The second-order valence-corrected chi connectivity index (χ2v) is 7.96. The molecule has 1 aliphatic carbocycles. The van der Waals surface area contributed by atoms with E-state index in [0.29, 0.717) is 28.8 Å². The highest BCUT2D eigenvalue weighted by Crippen LogP contribution is 2.31. The van der Waals surface area contributed by atoms with Crippen molar-refractivity contribution in [2.75, 3.05) is 12.4 Å². The molecule has 0 aromatic carbocycles. The van der Waals surface area contributed by atoms with E-state index >= 15 is 0 Å². The van der Waals surface area contributed by atoms with E-state index in [-0.39, 0.29) is 6.10 Å². The molecular formula is C19H19BrClN5O2. The van der Waals surface area contributed by atoms with E-state index in [2.05, 4.69) is 41.2 Å². The highest BCUT2D eigenvalue weighted by atomic mass is 79.9. The van der Waals surface area contributed by atoms with Gasteiger partial charge in [0.1, 0.15) is 11.3 Å². The van der Waals surface area contributed by atoms with Crippen molar-refractivity contribution in [1.82, 2.24) is 19.9 Å². The van der Waals surface area contributed by atoms with Crippen molar-refractivity contribution in [3.8, 4) is 11.6 Å². The van der Waals surface area contributed by atoms with Gasteiger partial charge in [-0.05, 0) is 47.7 Å². The minimum absolute atomic E-state index is 0.0861. The van der Waals surface area contributed by atoms with Gasteiger partial charge in [-0.15, -0.1) is 0 Å². The fourth-order valence-electron chi connectivity index (χ4n) is 3.29. The Hall–Kier alpha value is -2.19. The fraction of sp³-hybridized carbons (Fsp3) is 0.368. The van der Waals surface area contributed by atoms with Gasteiger partial charge in [0, 0.05) is 22.8 Å². The Morgan fingerprint density at radius 3 is 2.54 bits per heavy atom. The van der Waals surface area contributed by atoms with E-state index in [1.165, 1.54) is 0 Å². The maximum absolute atomic E-state index is 6.20. The fourth-order valence-corrected chi connectivity index (χ4v) is 3.80. The van der Waals surface area contributed by atoms with Crippen molar-refractivity contribution in [2.45, 2.75) is 37.8 Å². The number of rotatable bonds is 5.